The van der Waals surface area contributed by atoms with Crippen molar-refractivity contribution >= 4 is 5.69 Å². The largest absolute Gasteiger partial charge is 0.455 e. The lowest BCUT2D eigenvalue weighted by molar-refractivity contribution is 0.481. The van der Waals surface area contributed by atoms with Gasteiger partial charge in [-0.15, -0.1) is 0 Å². The van der Waals surface area contributed by atoms with Crippen molar-refractivity contribution in [2.75, 3.05) is 5.32 Å². The number of ether oxygens (including phenoxy) is 1. The molecule has 2 rings (SSSR count). The van der Waals surface area contributed by atoms with E-state index < -0.39 is 0 Å². The first-order valence-corrected chi connectivity index (χ1v) is 7.23. The molecular formula is C18H23NO. The maximum atomic E-state index is 5.95. The van der Waals surface area contributed by atoms with Crippen LogP contribution in [0.25, 0.3) is 0 Å². The third-order valence-corrected chi connectivity index (χ3v) is 3.08. The van der Waals surface area contributed by atoms with E-state index in [9.17, 15) is 0 Å². The number of nitrogens with one attached hydrogen (secondary N) is 1. The smallest absolute Gasteiger partial charge is 0.150 e. The van der Waals surface area contributed by atoms with Gasteiger partial charge in [0.15, 0.2) is 5.75 Å². The molecule has 0 radical (unpaired) electrons. The van der Waals surface area contributed by atoms with Gasteiger partial charge in [-0.3, -0.25) is 0 Å². The Kier molecular flexibility index (Phi) is 5.05. The minimum absolute atomic E-state index is 0.426. The molecule has 2 aromatic rings. The van der Waals surface area contributed by atoms with Gasteiger partial charge in [-0.1, -0.05) is 44.2 Å². The third kappa shape index (κ3) is 4.30. The molecule has 106 valence electrons. The number of rotatable bonds is 6. The molecule has 0 amide bonds. The second-order valence-corrected chi connectivity index (χ2v) is 5.59. The highest BCUT2D eigenvalue weighted by Crippen LogP contribution is 2.30. The first-order valence-electron chi connectivity index (χ1n) is 7.23. The van der Waals surface area contributed by atoms with Gasteiger partial charge in [0, 0.05) is 6.04 Å². The van der Waals surface area contributed by atoms with E-state index in [2.05, 4.69) is 32.2 Å². The molecular weight excluding hydrogens is 246 g/mol. The Labute approximate surface area is 121 Å². The van der Waals surface area contributed by atoms with E-state index in [0.29, 0.717) is 12.0 Å². The summed E-state index contributed by atoms with van der Waals surface area (Å²) in [6, 6.07) is 18.4. The van der Waals surface area contributed by atoms with Crippen molar-refractivity contribution in [1.29, 1.82) is 0 Å². The molecule has 0 aromatic heterocycles. The van der Waals surface area contributed by atoms with Crippen LogP contribution in [0.5, 0.6) is 11.5 Å². The summed E-state index contributed by atoms with van der Waals surface area (Å²) in [4.78, 5) is 0. The highest BCUT2D eigenvalue weighted by atomic mass is 16.5. The van der Waals surface area contributed by atoms with Crippen LogP contribution in [0.15, 0.2) is 54.6 Å². The fourth-order valence-electron chi connectivity index (χ4n) is 2.32. The van der Waals surface area contributed by atoms with Crippen LogP contribution in [0.1, 0.15) is 27.2 Å². The zero-order valence-electron chi connectivity index (χ0n) is 12.5. The van der Waals surface area contributed by atoms with Gasteiger partial charge in [0.1, 0.15) is 5.75 Å². The Morgan fingerprint density at radius 3 is 2.25 bits per heavy atom. The van der Waals surface area contributed by atoms with Gasteiger partial charge < -0.3 is 10.1 Å². The average Bonchev–Trinajstić information content (AvgIpc) is 2.41. The lowest BCUT2D eigenvalue weighted by atomic mass is 10.1. The molecule has 1 N–H and O–H groups in total. The van der Waals surface area contributed by atoms with Crippen LogP contribution in [0.2, 0.25) is 0 Å². The number of hydrogen-bond acceptors (Lipinski definition) is 2. The molecule has 0 fully saturated rings. The molecule has 0 aliphatic carbocycles. The minimum Gasteiger partial charge on any atom is -0.455 e. The van der Waals surface area contributed by atoms with Crippen LogP contribution < -0.4 is 10.1 Å². The Hall–Kier alpha value is -1.96. The standard InChI is InChI=1S/C18H23NO/c1-14(2)13-15(3)19-17-11-7-8-12-18(17)20-16-9-5-4-6-10-16/h4-12,14-15,19H,13H2,1-3H3. The second kappa shape index (κ2) is 6.99. The molecule has 2 nitrogen and oxygen atoms in total. The van der Waals surface area contributed by atoms with Crippen LogP contribution >= 0.6 is 0 Å². The van der Waals surface area contributed by atoms with Gasteiger partial charge in [0.25, 0.3) is 0 Å². The van der Waals surface area contributed by atoms with E-state index >= 15 is 0 Å². The summed E-state index contributed by atoms with van der Waals surface area (Å²) in [5.74, 6) is 2.41. The summed E-state index contributed by atoms with van der Waals surface area (Å²) in [5.41, 5.74) is 1.05. The Morgan fingerprint density at radius 2 is 1.55 bits per heavy atom. The molecule has 0 aliphatic heterocycles. The SMILES string of the molecule is CC(C)CC(C)Nc1ccccc1Oc1ccccc1. The van der Waals surface area contributed by atoms with E-state index in [1.54, 1.807) is 0 Å². The van der Waals surface area contributed by atoms with Crippen molar-refractivity contribution in [3.8, 4) is 11.5 Å². The van der Waals surface area contributed by atoms with Crippen molar-refractivity contribution in [3.05, 3.63) is 54.6 Å². The quantitative estimate of drug-likeness (QED) is 0.765. The third-order valence-electron chi connectivity index (χ3n) is 3.08. The van der Waals surface area contributed by atoms with Crippen molar-refractivity contribution in [2.45, 2.75) is 33.2 Å². The maximum Gasteiger partial charge on any atom is 0.150 e. The van der Waals surface area contributed by atoms with Gasteiger partial charge in [-0.25, -0.2) is 0 Å². The number of para-hydroxylation sites is 3. The van der Waals surface area contributed by atoms with Crippen molar-refractivity contribution in [2.24, 2.45) is 5.92 Å². The summed E-state index contributed by atoms with van der Waals surface area (Å²) < 4.78 is 5.95. The Bertz CT molecular complexity index is 522. The topological polar surface area (TPSA) is 21.3 Å². The molecule has 1 atom stereocenters. The number of anilines is 1. The molecule has 2 aromatic carbocycles. The van der Waals surface area contributed by atoms with Crippen molar-refractivity contribution < 1.29 is 4.74 Å². The van der Waals surface area contributed by atoms with Crippen LogP contribution in [0, 0.1) is 5.92 Å². The summed E-state index contributed by atoms with van der Waals surface area (Å²) in [5, 5.41) is 3.54. The number of hydrogen-bond donors (Lipinski definition) is 1. The van der Waals surface area contributed by atoms with Crippen LogP contribution in [-0.2, 0) is 0 Å². The lowest BCUT2D eigenvalue weighted by Crippen LogP contribution is -2.17. The zero-order chi connectivity index (χ0) is 14.4. The molecule has 0 spiro atoms. The second-order valence-electron chi connectivity index (χ2n) is 5.59. The predicted molar refractivity (Wildman–Crippen MR) is 85.5 cm³/mol. The van der Waals surface area contributed by atoms with Gasteiger partial charge in [0.05, 0.1) is 5.69 Å². The summed E-state index contributed by atoms with van der Waals surface area (Å²) >= 11 is 0. The lowest BCUT2D eigenvalue weighted by Gasteiger charge is -2.19. The summed E-state index contributed by atoms with van der Waals surface area (Å²) in [7, 11) is 0. The van der Waals surface area contributed by atoms with Gasteiger partial charge in [-0.05, 0) is 43.5 Å². The highest BCUT2D eigenvalue weighted by molar-refractivity contribution is 5.57. The molecule has 20 heavy (non-hydrogen) atoms. The van der Waals surface area contributed by atoms with Crippen LogP contribution in [0.4, 0.5) is 5.69 Å². The van der Waals surface area contributed by atoms with E-state index in [1.165, 1.54) is 0 Å². The van der Waals surface area contributed by atoms with E-state index in [4.69, 9.17) is 4.74 Å². The van der Waals surface area contributed by atoms with E-state index in [-0.39, 0.29) is 0 Å². The molecule has 0 saturated carbocycles. The highest BCUT2D eigenvalue weighted by Gasteiger charge is 2.09. The molecule has 0 saturated heterocycles. The zero-order valence-corrected chi connectivity index (χ0v) is 12.5. The molecule has 0 bridgehead atoms. The molecule has 1 unspecified atom stereocenters. The minimum atomic E-state index is 0.426. The fourth-order valence-corrected chi connectivity index (χ4v) is 2.32. The van der Waals surface area contributed by atoms with Gasteiger partial charge in [0.2, 0.25) is 0 Å². The van der Waals surface area contributed by atoms with Crippen LogP contribution in [0.3, 0.4) is 0 Å². The summed E-state index contributed by atoms with van der Waals surface area (Å²) in [6.45, 7) is 6.69. The molecule has 0 aliphatic rings. The molecule has 0 heterocycles. The predicted octanol–water partition coefficient (Wildman–Crippen LogP) is 5.33. The van der Waals surface area contributed by atoms with Gasteiger partial charge in [-0.2, -0.15) is 0 Å². The first-order chi connectivity index (χ1) is 9.65. The monoisotopic (exact) mass is 269 g/mol. The summed E-state index contributed by atoms with van der Waals surface area (Å²) in [6.07, 6.45) is 1.14. The fraction of sp³-hybridized carbons (Fsp3) is 0.333. The number of benzene rings is 2. The molecule has 2 heteroatoms. The first kappa shape index (κ1) is 14.4. The van der Waals surface area contributed by atoms with Crippen molar-refractivity contribution in [3.63, 3.8) is 0 Å². The van der Waals surface area contributed by atoms with E-state index in [1.807, 2.05) is 48.5 Å². The Balaban J connectivity index is 2.10. The van der Waals surface area contributed by atoms with Gasteiger partial charge >= 0.3 is 0 Å². The average molecular weight is 269 g/mol. The maximum absolute atomic E-state index is 5.95. The van der Waals surface area contributed by atoms with Crippen molar-refractivity contribution in [1.82, 2.24) is 0 Å². The van der Waals surface area contributed by atoms with Crippen LogP contribution in [-0.4, -0.2) is 6.04 Å². The normalized spacial score (nSPS) is 12.2. The van der Waals surface area contributed by atoms with E-state index in [0.717, 1.165) is 23.6 Å². The Morgan fingerprint density at radius 1 is 0.900 bits per heavy atom.